The zero-order valence-electron chi connectivity index (χ0n) is 44.8. The second kappa shape index (κ2) is 22.1. The van der Waals surface area contributed by atoms with Gasteiger partial charge in [0.1, 0.15) is 0 Å². The topological polar surface area (TPSA) is 49.4 Å². The first-order chi connectivity index (χ1) is 36.5. The summed E-state index contributed by atoms with van der Waals surface area (Å²) in [5, 5.41) is 0. The molecular weight excluding hydrogens is 897 g/mol. The zero-order valence-corrected chi connectivity index (χ0v) is 44.8. The van der Waals surface area contributed by atoms with Crippen molar-refractivity contribution in [2.45, 2.75) is 167 Å². The van der Waals surface area contributed by atoms with E-state index >= 15 is 0 Å². The van der Waals surface area contributed by atoms with E-state index in [0.717, 1.165) is 82.5 Å². The monoisotopic (exact) mass is 973 g/mol. The highest BCUT2D eigenvalue weighted by atomic mass is 14.9. The van der Waals surface area contributed by atoms with Gasteiger partial charge in [0.25, 0.3) is 0 Å². The molecule has 0 fully saturated rings. The predicted octanol–water partition coefficient (Wildman–Crippen LogP) is 19.0. The molecule has 376 valence electrons. The van der Waals surface area contributed by atoms with Gasteiger partial charge >= 0.3 is 0 Å². The van der Waals surface area contributed by atoms with E-state index in [9.17, 15) is 0 Å². The average Bonchev–Trinajstić information content (AvgIpc) is 4.32. The second-order valence-electron chi connectivity index (χ2n) is 22.0. The van der Waals surface area contributed by atoms with Crippen molar-refractivity contribution < 1.29 is 0 Å². The highest BCUT2D eigenvalue weighted by Crippen LogP contribution is 2.58. The number of benzene rings is 4. The molecule has 11 rings (SSSR count). The standard InChI is InChI=1S/C70H76N4/c1-5-9-13-21-43-69(44-22-14-10-6-2)59-33-19-17-27-53(59)55-29-25-31-57(67(55)69)65-61-39-35-49(71-61)47-51-37-41-63(73-51)66(64-42-38-52(74-64)48-50-36-40-62(65)72-50)58-32-26-30-56-54-28-18-20-34-60(54)70(68(56)58,45-23-15-11-7-3)46-24-16-12-8-4/h17-20,25-42,47-48H,5-16,21-24,43-46H2,1-4H3. The van der Waals surface area contributed by atoms with Gasteiger partial charge in [0.2, 0.25) is 0 Å². The SMILES string of the molecule is CCCCCCC1(CCCCCC)c2ccccc2-c2cccc(C3=C4C=CC(=N4)C=C4C=CC(=N4)C(c4cccc5c4C(CCCCCC)(CCCCCC)c4ccccc4-5)=C4C=CC(=N4)C=C4C=CC3=N4)c21. The molecule has 0 aromatic heterocycles. The molecule has 4 aromatic carbocycles. The van der Waals surface area contributed by atoms with E-state index in [0.29, 0.717) is 0 Å². The van der Waals surface area contributed by atoms with Crippen LogP contribution < -0.4 is 0 Å². The van der Waals surface area contributed by atoms with Crippen LogP contribution in [-0.4, -0.2) is 22.8 Å². The first kappa shape index (κ1) is 49.7. The van der Waals surface area contributed by atoms with Crippen LogP contribution in [0.4, 0.5) is 0 Å². The molecule has 8 bridgehead atoms. The predicted molar refractivity (Wildman–Crippen MR) is 317 cm³/mol. The molecule has 0 radical (unpaired) electrons. The smallest absolute Gasteiger partial charge is 0.0737 e. The van der Waals surface area contributed by atoms with Crippen molar-refractivity contribution in [1.82, 2.24) is 0 Å². The summed E-state index contributed by atoms with van der Waals surface area (Å²) in [5.41, 5.74) is 23.4. The minimum absolute atomic E-state index is 0.0970. The fraction of sp³-hybridized carbons (Fsp3) is 0.371. The van der Waals surface area contributed by atoms with Gasteiger partial charge in [-0.2, -0.15) is 0 Å². The maximum Gasteiger partial charge on any atom is 0.0737 e. The summed E-state index contributed by atoms with van der Waals surface area (Å²) < 4.78 is 0. The molecule has 0 saturated heterocycles. The van der Waals surface area contributed by atoms with Crippen LogP contribution in [0.5, 0.6) is 0 Å². The normalized spacial score (nSPS) is 17.8. The second-order valence-corrected chi connectivity index (χ2v) is 22.0. The van der Waals surface area contributed by atoms with Crippen molar-refractivity contribution in [2.75, 3.05) is 0 Å². The van der Waals surface area contributed by atoms with Gasteiger partial charge in [-0.25, -0.2) is 20.0 Å². The van der Waals surface area contributed by atoms with E-state index in [4.69, 9.17) is 20.0 Å². The van der Waals surface area contributed by atoms with Crippen molar-refractivity contribution in [3.8, 4) is 22.3 Å². The maximum atomic E-state index is 5.52. The van der Waals surface area contributed by atoms with Crippen LogP contribution in [0.25, 0.3) is 33.4 Å². The van der Waals surface area contributed by atoms with Crippen molar-refractivity contribution in [1.29, 1.82) is 0 Å². The summed E-state index contributed by atoms with van der Waals surface area (Å²) >= 11 is 0. The zero-order chi connectivity index (χ0) is 50.5. The third-order valence-electron chi connectivity index (χ3n) is 17.2. The Balaban J connectivity index is 1.06. The summed E-state index contributed by atoms with van der Waals surface area (Å²) in [6.07, 6.45) is 46.4. The van der Waals surface area contributed by atoms with Crippen LogP contribution in [0.15, 0.2) is 188 Å². The lowest BCUT2D eigenvalue weighted by molar-refractivity contribution is 0.400. The molecule has 4 aromatic rings. The molecule has 4 nitrogen and oxygen atoms in total. The highest BCUT2D eigenvalue weighted by Gasteiger charge is 2.46. The number of rotatable bonds is 22. The molecule has 5 heterocycles. The van der Waals surface area contributed by atoms with Gasteiger partial charge in [0.05, 0.1) is 45.6 Å². The lowest BCUT2D eigenvalue weighted by Crippen LogP contribution is -2.27. The molecule has 0 spiro atoms. The largest absolute Gasteiger partial charge is 0.248 e. The number of aliphatic imine (C=N–C) groups is 4. The Bertz CT molecular complexity index is 2980. The lowest BCUT2D eigenvalue weighted by Gasteiger charge is -2.35. The van der Waals surface area contributed by atoms with Gasteiger partial charge in [0.15, 0.2) is 0 Å². The van der Waals surface area contributed by atoms with Crippen molar-refractivity contribution >= 4 is 34.0 Å². The molecule has 0 unspecified atom stereocenters. The van der Waals surface area contributed by atoms with Crippen LogP contribution in [0, 0.1) is 0 Å². The van der Waals surface area contributed by atoms with Gasteiger partial charge < -0.3 is 0 Å². The minimum Gasteiger partial charge on any atom is -0.248 e. The molecule has 4 heteroatoms. The molecule has 0 saturated carbocycles. The number of fused-ring (bicyclic) bond motifs is 10. The Morgan fingerprint density at radius 2 is 0.689 bits per heavy atom. The first-order valence-corrected chi connectivity index (χ1v) is 29.0. The lowest BCUT2D eigenvalue weighted by atomic mass is 9.68. The van der Waals surface area contributed by atoms with Crippen LogP contribution in [0.1, 0.15) is 189 Å². The molecule has 0 amide bonds. The average molecular weight is 973 g/mol. The van der Waals surface area contributed by atoms with Gasteiger partial charge in [-0.3, -0.25) is 0 Å². The molecule has 2 aliphatic carbocycles. The van der Waals surface area contributed by atoms with Crippen LogP contribution in [0.3, 0.4) is 0 Å². The molecular formula is C70H76N4. The van der Waals surface area contributed by atoms with Gasteiger partial charge in [-0.05, 0) is 142 Å². The quantitative estimate of drug-likeness (QED) is 0.0705. The number of hydrogen-bond acceptors (Lipinski definition) is 4. The van der Waals surface area contributed by atoms with E-state index in [1.807, 2.05) is 0 Å². The number of nitrogens with zero attached hydrogens (tertiary/aromatic N) is 4. The van der Waals surface area contributed by atoms with Crippen molar-refractivity contribution in [2.24, 2.45) is 20.0 Å². The van der Waals surface area contributed by atoms with Gasteiger partial charge in [-0.1, -0.05) is 215 Å². The Kier molecular flexibility index (Phi) is 14.9. The summed E-state index contributed by atoms with van der Waals surface area (Å²) in [6, 6.07) is 32.7. The summed E-state index contributed by atoms with van der Waals surface area (Å²) in [4.78, 5) is 22.1. The number of unbranched alkanes of at least 4 members (excludes halogenated alkanes) is 12. The molecule has 7 aliphatic rings. The fourth-order valence-corrected chi connectivity index (χ4v) is 13.8. The fourth-order valence-electron chi connectivity index (χ4n) is 13.8. The molecule has 0 N–H and O–H groups in total. The molecule has 74 heavy (non-hydrogen) atoms. The maximum absolute atomic E-state index is 5.52. The Morgan fingerprint density at radius 1 is 0.324 bits per heavy atom. The van der Waals surface area contributed by atoms with E-state index < -0.39 is 0 Å². The highest BCUT2D eigenvalue weighted by molar-refractivity contribution is 6.34. The minimum atomic E-state index is -0.0970. The Morgan fingerprint density at radius 3 is 1.08 bits per heavy atom. The third kappa shape index (κ3) is 9.26. The number of allylic oxidation sites excluding steroid dienone is 12. The molecule has 5 aliphatic heterocycles. The van der Waals surface area contributed by atoms with E-state index in [1.54, 1.807) is 0 Å². The van der Waals surface area contributed by atoms with Crippen LogP contribution in [-0.2, 0) is 10.8 Å². The van der Waals surface area contributed by atoms with Crippen molar-refractivity contribution in [3.05, 3.63) is 202 Å². The Labute approximate surface area is 442 Å². The van der Waals surface area contributed by atoms with Crippen LogP contribution in [0.2, 0.25) is 0 Å². The van der Waals surface area contributed by atoms with Crippen LogP contribution >= 0.6 is 0 Å². The third-order valence-corrected chi connectivity index (χ3v) is 17.2. The van der Waals surface area contributed by atoms with Gasteiger partial charge in [0, 0.05) is 22.0 Å². The Hall–Kier alpha value is -6.52. The molecule has 0 atom stereocenters. The van der Waals surface area contributed by atoms with E-state index in [1.165, 1.54) is 158 Å². The summed E-state index contributed by atoms with van der Waals surface area (Å²) in [7, 11) is 0. The first-order valence-electron chi connectivity index (χ1n) is 29.0. The number of hydrogen-bond donors (Lipinski definition) is 0. The van der Waals surface area contributed by atoms with E-state index in [2.05, 4.69) is 173 Å². The van der Waals surface area contributed by atoms with E-state index in [-0.39, 0.29) is 10.8 Å². The van der Waals surface area contributed by atoms with Gasteiger partial charge in [-0.15, -0.1) is 0 Å². The summed E-state index contributed by atoms with van der Waals surface area (Å²) in [6.45, 7) is 9.29. The summed E-state index contributed by atoms with van der Waals surface area (Å²) in [5.74, 6) is 0. The van der Waals surface area contributed by atoms with Crippen molar-refractivity contribution in [3.63, 3.8) is 0 Å².